The number of hydrogen-bond acceptors (Lipinski definition) is 5. The van der Waals surface area contributed by atoms with Gasteiger partial charge in [-0.2, -0.15) is 5.10 Å². The molecule has 0 radical (unpaired) electrons. The largest absolute Gasteiger partial charge is 0.465 e. The molecule has 3 aromatic rings. The first kappa shape index (κ1) is 18.9. The summed E-state index contributed by atoms with van der Waals surface area (Å²) in [6.07, 6.45) is 5.92. The highest BCUT2D eigenvalue weighted by molar-refractivity contribution is 5.94. The lowest BCUT2D eigenvalue weighted by molar-refractivity contribution is 0.0599. The van der Waals surface area contributed by atoms with Gasteiger partial charge in [0.1, 0.15) is 5.69 Å². The molecule has 1 amide bonds. The van der Waals surface area contributed by atoms with Crippen LogP contribution in [0.15, 0.2) is 48.8 Å². The summed E-state index contributed by atoms with van der Waals surface area (Å²) in [5, 5.41) is 7.66. The van der Waals surface area contributed by atoms with Crippen LogP contribution in [0.3, 0.4) is 0 Å². The van der Waals surface area contributed by atoms with Gasteiger partial charge in [0.2, 0.25) is 0 Å². The quantitative estimate of drug-likeness (QED) is 0.692. The van der Waals surface area contributed by atoms with Crippen LogP contribution in [0.1, 0.15) is 56.6 Å². The number of carbonyl (C=O) groups is 2. The van der Waals surface area contributed by atoms with Gasteiger partial charge in [0, 0.05) is 17.5 Å². The summed E-state index contributed by atoms with van der Waals surface area (Å²) in [6.45, 7) is 2.06. The number of rotatable bonds is 4. The Morgan fingerprint density at radius 2 is 2.00 bits per heavy atom. The van der Waals surface area contributed by atoms with Crippen LogP contribution >= 0.6 is 0 Å². The van der Waals surface area contributed by atoms with E-state index in [4.69, 9.17) is 0 Å². The summed E-state index contributed by atoms with van der Waals surface area (Å²) in [4.78, 5) is 28.3. The number of esters is 1. The molecule has 7 heteroatoms. The molecule has 1 aliphatic carbocycles. The Balaban J connectivity index is 1.55. The normalized spacial score (nSPS) is 15.4. The van der Waals surface area contributed by atoms with E-state index in [2.05, 4.69) is 39.2 Å². The van der Waals surface area contributed by atoms with Crippen LogP contribution in [0.25, 0.3) is 5.69 Å². The number of aryl methyl sites for hydroxylation is 1. The number of hydrogen-bond donors (Lipinski definition) is 1. The highest BCUT2D eigenvalue weighted by Crippen LogP contribution is 2.31. The molecule has 1 aromatic carbocycles. The van der Waals surface area contributed by atoms with Crippen molar-refractivity contribution in [2.24, 2.45) is 0 Å². The minimum atomic E-state index is -0.481. The first-order chi connectivity index (χ1) is 14.1. The monoisotopic (exact) mass is 390 g/mol. The zero-order chi connectivity index (χ0) is 20.4. The molecule has 0 spiro atoms. The van der Waals surface area contributed by atoms with E-state index in [0.717, 1.165) is 41.8 Å². The highest BCUT2D eigenvalue weighted by atomic mass is 16.5. The number of carbonyl (C=O) groups excluding carboxylic acids is 2. The van der Waals surface area contributed by atoms with E-state index in [-0.39, 0.29) is 17.6 Å². The Hall–Kier alpha value is -3.48. The van der Waals surface area contributed by atoms with Crippen molar-refractivity contribution in [2.75, 3.05) is 7.11 Å². The summed E-state index contributed by atoms with van der Waals surface area (Å²) in [6, 6.07) is 11.1. The number of para-hydroxylation sites is 1. The lowest BCUT2D eigenvalue weighted by Crippen LogP contribution is -2.31. The van der Waals surface area contributed by atoms with E-state index in [9.17, 15) is 9.59 Å². The lowest BCUT2D eigenvalue weighted by Gasteiger charge is -2.24. The fourth-order valence-electron chi connectivity index (χ4n) is 3.71. The second-order valence-corrected chi connectivity index (χ2v) is 7.09. The van der Waals surface area contributed by atoms with Crippen LogP contribution in [0, 0.1) is 6.92 Å². The Labute approximate surface area is 168 Å². The molecule has 0 bridgehead atoms. The molecule has 0 saturated heterocycles. The third-order valence-corrected chi connectivity index (χ3v) is 5.25. The van der Waals surface area contributed by atoms with Crippen molar-refractivity contribution in [1.82, 2.24) is 20.1 Å². The lowest BCUT2D eigenvalue weighted by atomic mass is 9.92. The van der Waals surface area contributed by atoms with Crippen LogP contribution in [0.5, 0.6) is 0 Å². The van der Waals surface area contributed by atoms with Gasteiger partial charge >= 0.3 is 5.97 Å². The number of pyridine rings is 1. The van der Waals surface area contributed by atoms with E-state index in [0.29, 0.717) is 5.56 Å². The standard InChI is InChI=1S/C22H22N4O3/c1-14-6-3-4-8-19(14)26-20-9-5-7-17(16(20)13-24-26)25-21(27)18-11-10-15(12-23-18)22(28)29-2/h3-4,6,8,10-13,17H,5,7,9H2,1-2H3,(H,25,27). The van der Waals surface area contributed by atoms with Gasteiger partial charge in [-0.15, -0.1) is 0 Å². The molecule has 29 heavy (non-hydrogen) atoms. The van der Waals surface area contributed by atoms with Gasteiger partial charge < -0.3 is 10.1 Å². The summed E-state index contributed by atoms with van der Waals surface area (Å²) in [5.74, 6) is -0.757. The summed E-state index contributed by atoms with van der Waals surface area (Å²) >= 11 is 0. The Morgan fingerprint density at radius 1 is 1.17 bits per heavy atom. The molecule has 0 aliphatic heterocycles. The molecule has 1 N–H and O–H groups in total. The topological polar surface area (TPSA) is 86.1 Å². The van der Waals surface area contributed by atoms with Gasteiger partial charge in [0.25, 0.3) is 5.91 Å². The van der Waals surface area contributed by atoms with Crippen LogP contribution in [-0.2, 0) is 11.2 Å². The molecule has 1 aliphatic rings. The predicted molar refractivity (Wildman–Crippen MR) is 107 cm³/mol. The van der Waals surface area contributed by atoms with E-state index >= 15 is 0 Å². The number of nitrogens with zero attached hydrogens (tertiary/aromatic N) is 3. The third-order valence-electron chi connectivity index (χ3n) is 5.25. The van der Waals surface area contributed by atoms with E-state index in [1.165, 1.54) is 25.4 Å². The van der Waals surface area contributed by atoms with Crippen molar-refractivity contribution < 1.29 is 14.3 Å². The molecule has 0 fully saturated rings. The number of fused-ring (bicyclic) bond motifs is 1. The minimum Gasteiger partial charge on any atom is -0.465 e. The van der Waals surface area contributed by atoms with Crippen molar-refractivity contribution in [1.29, 1.82) is 0 Å². The van der Waals surface area contributed by atoms with E-state index in [1.54, 1.807) is 0 Å². The van der Waals surface area contributed by atoms with E-state index in [1.807, 2.05) is 23.0 Å². The number of nitrogens with one attached hydrogen (secondary N) is 1. The predicted octanol–water partition coefficient (Wildman–Crippen LogP) is 3.17. The van der Waals surface area contributed by atoms with Crippen molar-refractivity contribution in [3.63, 3.8) is 0 Å². The fourth-order valence-corrected chi connectivity index (χ4v) is 3.71. The van der Waals surface area contributed by atoms with Gasteiger partial charge in [-0.1, -0.05) is 18.2 Å². The van der Waals surface area contributed by atoms with Gasteiger partial charge in [0.05, 0.1) is 30.6 Å². The minimum absolute atomic E-state index is 0.119. The molecular formula is C22H22N4O3. The SMILES string of the molecule is COC(=O)c1ccc(C(=O)NC2CCCc3c2cnn3-c2ccccc2C)nc1. The van der Waals surface area contributed by atoms with Crippen molar-refractivity contribution >= 4 is 11.9 Å². The zero-order valence-corrected chi connectivity index (χ0v) is 16.4. The number of amides is 1. The summed E-state index contributed by atoms with van der Waals surface area (Å²) < 4.78 is 6.63. The molecule has 148 valence electrons. The smallest absolute Gasteiger partial charge is 0.339 e. The third kappa shape index (κ3) is 3.63. The fraction of sp³-hybridized carbons (Fsp3) is 0.273. The summed E-state index contributed by atoms with van der Waals surface area (Å²) in [5.41, 5.74) is 4.95. The molecule has 1 atom stereocenters. The van der Waals surface area contributed by atoms with Gasteiger partial charge in [-0.3, -0.25) is 9.78 Å². The second-order valence-electron chi connectivity index (χ2n) is 7.09. The number of ether oxygens (including phenoxy) is 1. The first-order valence-corrected chi connectivity index (χ1v) is 9.56. The van der Waals surface area contributed by atoms with E-state index < -0.39 is 5.97 Å². The molecule has 4 rings (SSSR count). The zero-order valence-electron chi connectivity index (χ0n) is 16.4. The number of methoxy groups -OCH3 is 1. The van der Waals surface area contributed by atoms with Gasteiger partial charge in [-0.05, 0) is 49.9 Å². The molecule has 2 heterocycles. The maximum absolute atomic E-state index is 12.7. The Bertz CT molecular complexity index is 1060. The van der Waals surface area contributed by atoms with Gasteiger partial charge in [0.15, 0.2) is 0 Å². The maximum atomic E-state index is 12.7. The summed E-state index contributed by atoms with van der Waals surface area (Å²) in [7, 11) is 1.31. The van der Waals surface area contributed by atoms with Crippen LogP contribution in [0.4, 0.5) is 0 Å². The molecule has 7 nitrogen and oxygen atoms in total. The second kappa shape index (κ2) is 7.87. The first-order valence-electron chi connectivity index (χ1n) is 9.56. The number of aromatic nitrogens is 3. The van der Waals surface area contributed by atoms with Crippen LogP contribution < -0.4 is 5.32 Å². The maximum Gasteiger partial charge on any atom is 0.339 e. The van der Waals surface area contributed by atoms with Crippen LogP contribution in [-0.4, -0.2) is 33.8 Å². The van der Waals surface area contributed by atoms with Crippen molar-refractivity contribution in [3.8, 4) is 5.69 Å². The average Bonchev–Trinajstić information content (AvgIpc) is 3.18. The molecular weight excluding hydrogens is 368 g/mol. The van der Waals surface area contributed by atoms with Crippen molar-refractivity contribution in [3.05, 3.63) is 76.9 Å². The molecule has 1 unspecified atom stereocenters. The average molecular weight is 390 g/mol. The Morgan fingerprint density at radius 3 is 2.72 bits per heavy atom. The molecule has 2 aromatic heterocycles. The molecule has 0 saturated carbocycles. The van der Waals surface area contributed by atoms with Crippen LogP contribution in [0.2, 0.25) is 0 Å². The van der Waals surface area contributed by atoms with Gasteiger partial charge in [-0.25, -0.2) is 9.48 Å². The highest BCUT2D eigenvalue weighted by Gasteiger charge is 2.27. The Kier molecular flexibility index (Phi) is 5.12. The van der Waals surface area contributed by atoms with Crippen molar-refractivity contribution in [2.45, 2.75) is 32.2 Å². The number of benzene rings is 1.